The summed E-state index contributed by atoms with van der Waals surface area (Å²) in [7, 11) is -3.84. The topological polar surface area (TPSA) is 72.6 Å². The lowest BCUT2D eigenvalue weighted by Crippen LogP contribution is -2.48. The highest BCUT2D eigenvalue weighted by molar-refractivity contribution is 7.89. The van der Waals surface area contributed by atoms with Crippen LogP contribution in [0.4, 0.5) is 4.39 Å². The lowest BCUT2D eigenvalue weighted by molar-refractivity contribution is 0.00445. The van der Waals surface area contributed by atoms with Crippen molar-refractivity contribution >= 4 is 22.4 Å². The Morgan fingerprint density at radius 2 is 2.20 bits per heavy atom. The number of aryl methyl sites for hydroxylation is 1. The molecule has 0 aromatic heterocycles. The fraction of sp³-hybridized carbons (Fsp3) is 0.500. The van der Waals surface area contributed by atoms with Crippen LogP contribution >= 0.6 is 12.4 Å². The molecule has 1 aromatic rings. The van der Waals surface area contributed by atoms with Crippen LogP contribution in [0, 0.1) is 12.7 Å². The van der Waals surface area contributed by atoms with Gasteiger partial charge in [0.05, 0.1) is 12.7 Å². The van der Waals surface area contributed by atoms with E-state index in [1.54, 1.807) is 6.92 Å². The van der Waals surface area contributed by atoms with Gasteiger partial charge < -0.3 is 10.5 Å². The largest absolute Gasteiger partial charge is 0.374 e. The first kappa shape index (κ1) is 17.3. The summed E-state index contributed by atoms with van der Waals surface area (Å²) in [5.74, 6) is -0.735. The molecule has 1 aliphatic heterocycles. The number of ether oxygens (including phenoxy) is 1. The summed E-state index contributed by atoms with van der Waals surface area (Å²) in [6.45, 7) is 2.61. The first-order chi connectivity index (χ1) is 8.95. The molecule has 2 N–H and O–H groups in total. The van der Waals surface area contributed by atoms with Gasteiger partial charge in [-0.25, -0.2) is 12.8 Å². The van der Waals surface area contributed by atoms with Gasteiger partial charge in [-0.2, -0.15) is 4.31 Å². The smallest absolute Gasteiger partial charge is 0.246 e. The molecule has 1 aliphatic rings. The van der Waals surface area contributed by atoms with Gasteiger partial charge in [-0.3, -0.25) is 0 Å². The number of rotatable bonds is 3. The van der Waals surface area contributed by atoms with E-state index < -0.39 is 15.8 Å². The summed E-state index contributed by atoms with van der Waals surface area (Å²) in [5.41, 5.74) is 6.18. The Kier molecular flexibility index (Phi) is 5.91. The third-order valence-corrected chi connectivity index (χ3v) is 4.95. The van der Waals surface area contributed by atoms with Crippen LogP contribution in [0.15, 0.2) is 23.1 Å². The molecule has 0 saturated carbocycles. The Balaban J connectivity index is 0.00000200. The van der Waals surface area contributed by atoms with E-state index in [-0.39, 0.29) is 49.6 Å². The minimum Gasteiger partial charge on any atom is -0.374 e. The molecular formula is C12H18ClFN2O3S. The molecule has 1 aromatic carbocycles. The molecule has 1 fully saturated rings. The molecule has 20 heavy (non-hydrogen) atoms. The van der Waals surface area contributed by atoms with E-state index in [1.165, 1.54) is 22.5 Å². The number of morpholine rings is 1. The molecule has 1 heterocycles. The Labute approximate surface area is 124 Å². The Hall–Kier alpha value is -0.730. The van der Waals surface area contributed by atoms with Gasteiger partial charge in [0.25, 0.3) is 0 Å². The molecule has 0 bridgehead atoms. The lowest BCUT2D eigenvalue weighted by Gasteiger charge is -2.31. The number of hydrogen-bond acceptors (Lipinski definition) is 4. The van der Waals surface area contributed by atoms with E-state index in [1.807, 2.05) is 0 Å². The van der Waals surface area contributed by atoms with Crippen LogP contribution in [0.3, 0.4) is 0 Å². The van der Waals surface area contributed by atoms with Crippen molar-refractivity contribution in [3.05, 3.63) is 29.6 Å². The molecule has 1 saturated heterocycles. The average Bonchev–Trinajstić information content (AvgIpc) is 2.41. The molecule has 0 spiro atoms. The number of nitrogens with two attached hydrogens (primary N) is 1. The fourth-order valence-corrected chi connectivity index (χ4v) is 3.61. The van der Waals surface area contributed by atoms with Crippen molar-refractivity contribution in [1.82, 2.24) is 4.31 Å². The average molecular weight is 325 g/mol. The van der Waals surface area contributed by atoms with Gasteiger partial charge in [0.15, 0.2) is 0 Å². The van der Waals surface area contributed by atoms with E-state index in [9.17, 15) is 12.8 Å². The van der Waals surface area contributed by atoms with Crippen molar-refractivity contribution in [2.24, 2.45) is 5.73 Å². The summed E-state index contributed by atoms with van der Waals surface area (Å²) >= 11 is 0. The highest BCUT2D eigenvalue weighted by Crippen LogP contribution is 2.22. The van der Waals surface area contributed by atoms with Gasteiger partial charge in [0, 0.05) is 19.6 Å². The van der Waals surface area contributed by atoms with E-state index in [0.717, 1.165) is 0 Å². The summed E-state index contributed by atoms with van der Waals surface area (Å²) in [4.78, 5) is -0.287. The molecular weight excluding hydrogens is 307 g/mol. The maximum Gasteiger partial charge on any atom is 0.246 e. The van der Waals surface area contributed by atoms with Crippen LogP contribution < -0.4 is 5.73 Å². The molecule has 0 radical (unpaired) electrons. The van der Waals surface area contributed by atoms with Crippen LogP contribution in [-0.2, 0) is 14.8 Å². The number of sulfonamides is 1. The van der Waals surface area contributed by atoms with Gasteiger partial charge in [0.2, 0.25) is 10.0 Å². The minimum absolute atomic E-state index is 0. The number of benzene rings is 1. The van der Waals surface area contributed by atoms with Gasteiger partial charge in [-0.15, -0.1) is 12.4 Å². The predicted octanol–water partition coefficient (Wildman–Crippen LogP) is 0.904. The maximum atomic E-state index is 13.7. The van der Waals surface area contributed by atoms with E-state index >= 15 is 0 Å². The van der Waals surface area contributed by atoms with E-state index in [2.05, 4.69) is 0 Å². The molecule has 114 valence electrons. The summed E-state index contributed by atoms with van der Waals surface area (Å²) in [6, 6.07) is 4.05. The quantitative estimate of drug-likeness (QED) is 0.897. The van der Waals surface area contributed by atoms with Crippen LogP contribution in [0.25, 0.3) is 0 Å². The number of nitrogens with zero attached hydrogens (tertiary/aromatic N) is 1. The van der Waals surface area contributed by atoms with Crippen molar-refractivity contribution in [2.75, 3.05) is 26.2 Å². The van der Waals surface area contributed by atoms with Crippen molar-refractivity contribution in [3.63, 3.8) is 0 Å². The van der Waals surface area contributed by atoms with Crippen LogP contribution in [0.1, 0.15) is 5.56 Å². The Morgan fingerprint density at radius 1 is 1.50 bits per heavy atom. The second-order valence-corrected chi connectivity index (χ2v) is 6.43. The zero-order valence-corrected chi connectivity index (χ0v) is 12.7. The third kappa shape index (κ3) is 3.48. The van der Waals surface area contributed by atoms with Gasteiger partial charge in [-0.1, -0.05) is 6.07 Å². The molecule has 1 atom stereocenters. The SMILES string of the molecule is Cc1ccc(F)c(S(=O)(=O)N2CCOC(CN)C2)c1.Cl. The molecule has 0 aliphatic carbocycles. The standard InChI is InChI=1S/C12H17FN2O3S.ClH/c1-9-2-3-11(13)12(6-9)19(16,17)15-4-5-18-10(7-14)8-15;/h2-3,6,10H,4-5,7-8,14H2,1H3;1H. The zero-order valence-electron chi connectivity index (χ0n) is 11.1. The predicted molar refractivity (Wildman–Crippen MR) is 75.9 cm³/mol. The highest BCUT2D eigenvalue weighted by atomic mass is 35.5. The summed E-state index contributed by atoms with van der Waals surface area (Å²) < 4.78 is 45.1. The first-order valence-corrected chi connectivity index (χ1v) is 7.47. The second-order valence-electron chi connectivity index (χ2n) is 4.53. The zero-order chi connectivity index (χ0) is 14.0. The molecule has 5 nitrogen and oxygen atoms in total. The normalized spacial score (nSPS) is 20.4. The van der Waals surface area contributed by atoms with Crippen molar-refractivity contribution in [3.8, 4) is 0 Å². The van der Waals surface area contributed by atoms with Crippen molar-refractivity contribution in [2.45, 2.75) is 17.9 Å². The van der Waals surface area contributed by atoms with Gasteiger partial charge in [-0.05, 0) is 24.6 Å². The Bertz CT molecular complexity index is 568. The molecule has 8 heteroatoms. The molecule has 0 amide bonds. The minimum atomic E-state index is -3.84. The van der Waals surface area contributed by atoms with Gasteiger partial charge >= 0.3 is 0 Å². The van der Waals surface area contributed by atoms with Gasteiger partial charge in [0.1, 0.15) is 10.7 Å². The van der Waals surface area contributed by atoms with Crippen LogP contribution in [0.5, 0.6) is 0 Å². The van der Waals surface area contributed by atoms with Crippen LogP contribution in [0.2, 0.25) is 0 Å². The fourth-order valence-electron chi connectivity index (χ4n) is 2.00. The second kappa shape index (κ2) is 6.82. The highest BCUT2D eigenvalue weighted by Gasteiger charge is 2.32. The summed E-state index contributed by atoms with van der Waals surface area (Å²) in [5, 5.41) is 0. The Morgan fingerprint density at radius 3 is 2.85 bits per heavy atom. The van der Waals surface area contributed by atoms with Crippen molar-refractivity contribution in [1.29, 1.82) is 0 Å². The third-order valence-electron chi connectivity index (χ3n) is 3.07. The van der Waals surface area contributed by atoms with Crippen LogP contribution in [-0.4, -0.2) is 45.1 Å². The lowest BCUT2D eigenvalue weighted by atomic mass is 10.2. The van der Waals surface area contributed by atoms with E-state index in [0.29, 0.717) is 5.56 Å². The number of halogens is 2. The van der Waals surface area contributed by atoms with E-state index in [4.69, 9.17) is 10.5 Å². The first-order valence-electron chi connectivity index (χ1n) is 6.03. The number of hydrogen-bond donors (Lipinski definition) is 1. The monoisotopic (exact) mass is 324 g/mol. The summed E-state index contributed by atoms with van der Waals surface area (Å²) in [6.07, 6.45) is -0.337. The maximum absolute atomic E-state index is 13.7. The van der Waals surface area contributed by atoms with Crippen molar-refractivity contribution < 1.29 is 17.5 Å². The molecule has 2 rings (SSSR count). The molecule has 1 unspecified atom stereocenters.